The number of rotatable bonds is 9. The van der Waals surface area contributed by atoms with Gasteiger partial charge < -0.3 is 15.3 Å². The molecule has 3 N–H and O–H groups in total. The number of nitro groups is 1. The highest BCUT2D eigenvalue weighted by Gasteiger charge is 2.13. The third-order valence-corrected chi connectivity index (χ3v) is 4.27. The molecule has 31 heavy (non-hydrogen) atoms. The number of nitrogens with zero attached hydrogens (tertiary/aromatic N) is 6. The monoisotopic (exact) mass is 422 g/mol. The van der Waals surface area contributed by atoms with E-state index >= 15 is 0 Å². The first kappa shape index (κ1) is 21.4. The van der Waals surface area contributed by atoms with Crippen molar-refractivity contribution < 1.29 is 10.0 Å². The standard InChI is InChI=1S/C20H22N8O3/c1-3-27(4-2)20-24-18(22-15-8-6-5-7-9-15)23-19(25-20)26-21-13-14-10-11-17(29)16(12-14)28(30)31/h5-13,29H,3-4H2,1-2H3,(H2,22,23,24,25,26). The molecule has 1 aromatic heterocycles. The van der Waals surface area contributed by atoms with E-state index in [4.69, 9.17) is 0 Å². The lowest BCUT2D eigenvalue weighted by molar-refractivity contribution is -0.385. The molecule has 0 amide bonds. The third-order valence-electron chi connectivity index (χ3n) is 4.27. The van der Waals surface area contributed by atoms with Gasteiger partial charge in [0.25, 0.3) is 0 Å². The molecule has 2 aromatic carbocycles. The quantitative estimate of drug-likeness (QED) is 0.268. The van der Waals surface area contributed by atoms with Gasteiger partial charge in [-0.25, -0.2) is 5.43 Å². The molecular formula is C20H22N8O3. The van der Waals surface area contributed by atoms with Crippen molar-refractivity contribution in [2.45, 2.75) is 13.8 Å². The molecule has 1 heterocycles. The van der Waals surface area contributed by atoms with Gasteiger partial charge in [-0.2, -0.15) is 20.1 Å². The molecule has 160 valence electrons. The van der Waals surface area contributed by atoms with Gasteiger partial charge >= 0.3 is 5.69 Å². The number of hydrogen-bond donors (Lipinski definition) is 3. The first-order valence-electron chi connectivity index (χ1n) is 9.59. The Kier molecular flexibility index (Phi) is 6.89. The zero-order valence-electron chi connectivity index (χ0n) is 17.1. The number of hydrogen-bond acceptors (Lipinski definition) is 10. The Morgan fingerprint density at radius 2 is 1.81 bits per heavy atom. The van der Waals surface area contributed by atoms with Crippen LogP contribution in [0.1, 0.15) is 19.4 Å². The van der Waals surface area contributed by atoms with Gasteiger partial charge in [-0.05, 0) is 38.1 Å². The Morgan fingerprint density at radius 3 is 2.48 bits per heavy atom. The van der Waals surface area contributed by atoms with Crippen molar-refractivity contribution in [3.8, 4) is 5.75 Å². The van der Waals surface area contributed by atoms with E-state index in [1.807, 2.05) is 49.1 Å². The molecule has 0 saturated heterocycles. The highest BCUT2D eigenvalue weighted by atomic mass is 16.6. The number of phenolic OH excluding ortho intramolecular Hbond substituents is 1. The smallest absolute Gasteiger partial charge is 0.311 e. The second-order valence-electron chi connectivity index (χ2n) is 6.32. The van der Waals surface area contributed by atoms with E-state index in [0.29, 0.717) is 30.5 Å². The number of nitrogens with one attached hydrogen (secondary N) is 2. The van der Waals surface area contributed by atoms with Crippen molar-refractivity contribution in [1.29, 1.82) is 0 Å². The summed E-state index contributed by atoms with van der Waals surface area (Å²) in [5.74, 6) is 0.630. The fraction of sp³-hybridized carbons (Fsp3) is 0.200. The number of hydrazone groups is 1. The van der Waals surface area contributed by atoms with Crippen LogP contribution in [0.25, 0.3) is 0 Å². The lowest BCUT2D eigenvalue weighted by atomic mass is 10.2. The third kappa shape index (κ3) is 5.63. The molecule has 0 bridgehead atoms. The van der Waals surface area contributed by atoms with Crippen molar-refractivity contribution in [1.82, 2.24) is 15.0 Å². The molecule has 11 nitrogen and oxygen atoms in total. The Balaban J connectivity index is 1.84. The number of aromatic hydroxyl groups is 1. The summed E-state index contributed by atoms with van der Waals surface area (Å²) >= 11 is 0. The van der Waals surface area contributed by atoms with E-state index in [-0.39, 0.29) is 5.95 Å². The fourth-order valence-corrected chi connectivity index (χ4v) is 2.70. The van der Waals surface area contributed by atoms with Crippen LogP contribution in [-0.2, 0) is 0 Å². The maximum absolute atomic E-state index is 11.0. The van der Waals surface area contributed by atoms with Crippen molar-refractivity contribution >= 4 is 35.4 Å². The molecular weight excluding hydrogens is 400 g/mol. The highest BCUT2D eigenvalue weighted by Crippen LogP contribution is 2.25. The van der Waals surface area contributed by atoms with Crippen molar-refractivity contribution in [2.24, 2.45) is 5.10 Å². The van der Waals surface area contributed by atoms with Gasteiger partial charge in [0, 0.05) is 30.4 Å². The second-order valence-corrected chi connectivity index (χ2v) is 6.32. The van der Waals surface area contributed by atoms with Crippen LogP contribution in [-0.4, -0.2) is 44.3 Å². The first-order chi connectivity index (χ1) is 15.0. The maximum atomic E-state index is 11.0. The first-order valence-corrected chi connectivity index (χ1v) is 9.59. The van der Waals surface area contributed by atoms with Gasteiger partial charge in [0.15, 0.2) is 5.75 Å². The SMILES string of the molecule is CCN(CC)c1nc(NN=Cc2ccc(O)c([N+](=O)[O-])c2)nc(Nc2ccccc2)n1. The van der Waals surface area contributed by atoms with Gasteiger partial charge in [0.05, 0.1) is 11.1 Å². The average molecular weight is 422 g/mol. The predicted octanol–water partition coefficient (Wildman–Crippen LogP) is 3.52. The van der Waals surface area contributed by atoms with Gasteiger partial charge in [0.2, 0.25) is 17.8 Å². The minimum atomic E-state index is -0.663. The van der Waals surface area contributed by atoms with E-state index in [2.05, 4.69) is 30.8 Å². The zero-order chi connectivity index (χ0) is 22.2. The summed E-state index contributed by atoms with van der Waals surface area (Å²) in [7, 11) is 0. The molecule has 0 spiro atoms. The van der Waals surface area contributed by atoms with Gasteiger partial charge in [-0.15, -0.1) is 0 Å². The molecule has 0 aliphatic heterocycles. The number of benzene rings is 2. The van der Waals surface area contributed by atoms with Gasteiger partial charge in [-0.3, -0.25) is 10.1 Å². The molecule has 0 fully saturated rings. The number of anilines is 4. The zero-order valence-corrected chi connectivity index (χ0v) is 17.1. The molecule has 3 rings (SSSR count). The van der Waals surface area contributed by atoms with Crippen LogP contribution in [0, 0.1) is 10.1 Å². The van der Waals surface area contributed by atoms with E-state index < -0.39 is 16.4 Å². The van der Waals surface area contributed by atoms with Crippen molar-refractivity contribution in [3.63, 3.8) is 0 Å². The van der Waals surface area contributed by atoms with Crippen LogP contribution in [0.2, 0.25) is 0 Å². The van der Waals surface area contributed by atoms with E-state index in [0.717, 1.165) is 5.69 Å². The Bertz CT molecular complexity index is 1070. The number of para-hydroxylation sites is 1. The summed E-state index contributed by atoms with van der Waals surface area (Å²) < 4.78 is 0. The van der Waals surface area contributed by atoms with Gasteiger partial charge in [-0.1, -0.05) is 18.2 Å². The predicted molar refractivity (Wildman–Crippen MR) is 119 cm³/mol. The summed E-state index contributed by atoms with van der Waals surface area (Å²) in [6, 6.07) is 13.5. The molecule has 11 heteroatoms. The van der Waals surface area contributed by atoms with Crippen LogP contribution < -0.4 is 15.6 Å². The largest absolute Gasteiger partial charge is 0.502 e. The topological polar surface area (TPSA) is 142 Å². The van der Waals surface area contributed by atoms with Gasteiger partial charge in [0.1, 0.15) is 0 Å². The Morgan fingerprint density at radius 1 is 1.10 bits per heavy atom. The molecule has 0 aliphatic rings. The lowest BCUT2D eigenvalue weighted by Gasteiger charge is -2.19. The van der Waals surface area contributed by atoms with Crippen molar-refractivity contribution in [2.75, 3.05) is 28.7 Å². The molecule has 0 radical (unpaired) electrons. The molecule has 0 saturated carbocycles. The highest BCUT2D eigenvalue weighted by molar-refractivity contribution is 5.82. The van der Waals surface area contributed by atoms with E-state index in [9.17, 15) is 15.2 Å². The van der Waals surface area contributed by atoms with E-state index in [1.54, 1.807) is 0 Å². The fourth-order valence-electron chi connectivity index (χ4n) is 2.70. The number of nitro benzene ring substituents is 1. The summed E-state index contributed by atoms with van der Waals surface area (Å²) in [4.78, 5) is 25.5. The number of phenols is 1. The summed E-state index contributed by atoms with van der Waals surface area (Å²) in [5.41, 5.74) is 3.59. The minimum absolute atomic E-state index is 0.208. The average Bonchev–Trinajstić information content (AvgIpc) is 2.76. The Labute approximate surface area is 178 Å². The van der Waals surface area contributed by atoms with Crippen LogP contribution in [0.5, 0.6) is 5.75 Å². The lowest BCUT2D eigenvalue weighted by Crippen LogP contribution is -2.25. The Hall–Kier alpha value is -4.28. The summed E-state index contributed by atoms with van der Waals surface area (Å²) in [6.07, 6.45) is 1.37. The van der Waals surface area contributed by atoms with Crippen LogP contribution in [0.4, 0.5) is 29.2 Å². The number of aromatic nitrogens is 3. The van der Waals surface area contributed by atoms with Crippen LogP contribution >= 0.6 is 0 Å². The summed E-state index contributed by atoms with van der Waals surface area (Å²) in [5, 5.41) is 27.7. The normalized spacial score (nSPS) is 10.8. The molecule has 3 aromatic rings. The molecule has 0 unspecified atom stereocenters. The maximum Gasteiger partial charge on any atom is 0.311 e. The molecule has 0 atom stereocenters. The second kappa shape index (κ2) is 9.96. The minimum Gasteiger partial charge on any atom is -0.502 e. The van der Waals surface area contributed by atoms with Crippen LogP contribution in [0.15, 0.2) is 53.6 Å². The summed E-state index contributed by atoms with van der Waals surface area (Å²) in [6.45, 7) is 5.43. The van der Waals surface area contributed by atoms with Crippen molar-refractivity contribution in [3.05, 3.63) is 64.2 Å². The molecule has 0 aliphatic carbocycles. The van der Waals surface area contributed by atoms with Crippen LogP contribution in [0.3, 0.4) is 0 Å². The van der Waals surface area contributed by atoms with E-state index in [1.165, 1.54) is 24.4 Å².